The molecule has 3 aromatic rings. The molecule has 0 saturated carbocycles. The Morgan fingerprint density at radius 2 is 2.00 bits per heavy atom. The number of para-hydroxylation sites is 2. The Morgan fingerprint density at radius 3 is 2.70 bits per heavy atom. The number of fused-ring (bicyclic) bond motifs is 1. The van der Waals surface area contributed by atoms with Gasteiger partial charge in [0.2, 0.25) is 0 Å². The number of H-pyrrole nitrogens is 1. The third-order valence-electron chi connectivity index (χ3n) is 4.32. The maximum Gasteiger partial charge on any atom is 0.310 e. The van der Waals surface area contributed by atoms with E-state index in [4.69, 9.17) is 4.74 Å². The van der Waals surface area contributed by atoms with Crippen LogP contribution in [0.5, 0.6) is 0 Å². The number of ether oxygens (including phenoxy) is 1. The van der Waals surface area contributed by atoms with Gasteiger partial charge in [0.1, 0.15) is 18.2 Å². The van der Waals surface area contributed by atoms with Gasteiger partial charge in [0.25, 0.3) is 0 Å². The van der Waals surface area contributed by atoms with E-state index in [1.165, 1.54) is 0 Å². The zero-order valence-electron chi connectivity index (χ0n) is 15.1. The number of esters is 1. The highest BCUT2D eigenvalue weighted by Crippen LogP contribution is 2.19. The fourth-order valence-corrected chi connectivity index (χ4v) is 2.68. The number of hydrogen-bond donors (Lipinski definition) is 2. The summed E-state index contributed by atoms with van der Waals surface area (Å²) >= 11 is 0. The minimum absolute atomic E-state index is 0.0508. The van der Waals surface area contributed by atoms with Crippen molar-refractivity contribution in [3.8, 4) is 6.07 Å². The van der Waals surface area contributed by atoms with E-state index < -0.39 is 5.97 Å². The lowest BCUT2D eigenvalue weighted by Crippen LogP contribution is -2.11. The van der Waals surface area contributed by atoms with Gasteiger partial charge in [-0.05, 0) is 42.7 Å². The van der Waals surface area contributed by atoms with Crippen LogP contribution in [0.1, 0.15) is 22.5 Å². The number of aromatic nitrogens is 2. The summed E-state index contributed by atoms with van der Waals surface area (Å²) in [6, 6.07) is 15.0. The molecule has 3 rings (SSSR count). The van der Waals surface area contributed by atoms with Crippen LogP contribution in [0.25, 0.3) is 16.6 Å². The summed E-state index contributed by atoms with van der Waals surface area (Å²) in [5, 5.41) is 19.6. The Hall–Kier alpha value is -3.59. The Morgan fingerprint density at radius 1 is 1.22 bits per heavy atom. The molecular weight excluding hydrogens is 342 g/mol. The molecule has 0 atom stereocenters. The van der Waals surface area contributed by atoms with Crippen LogP contribution in [-0.2, 0) is 16.0 Å². The molecule has 27 heavy (non-hydrogen) atoms. The van der Waals surface area contributed by atoms with E-state index in [1.807, 2.05) is 56.3 Å². The minimum Gasteiger partial charge on any atom is -0.507 e. The van der Waals surface area contributed by atoms with E-state index in [0.717, 1.165) is 22.2 Å². The van der Waals surface area contributed by atoms with Crippen LogP contribution in [-0.4, -0.2) is 27.7 Å². The maximum absolute atomic E-state index is 12.0. The van der Waals surface area contributed by atoms with Gasteiger partial charge >= 0.3 is 5.97 Å². The lowest BCUT2D eigenvalue weighted by atomic mass is 10.0. The van der Waals surface area contributed by atoms with Crippen LogP contribution in [0, 0.1) is 25.2 Å². The lowest BCUT2D eigenvalue weighted by molar-refractivity contribution is -0.142. The van der Waals surface area contributed by atoms with E-state index >= 15 is 0 Å². The lowest BCUT2D eigenvalue weighted by Gasteiger charge is -2.07. The van der Waals surface area contributed by atoms with E-state index in [2.05, 4.69) is 9.97 Å². The van der Waals surface area contributed by atoms with E-state index in [0.29, 0.717) is 5.52 Å². The van der Waals surface area contributed by atoms with E-state index in [1.54, 1.807) is 6.07 Å². The van der Waals surface area contributed by atoms with Crippen molar-refractivity contribution >= 4 is 22.6 Å². The van der Waals surface area contributed by atoms with Gasteiger partial charge < -0.3 is 14.8 Å². The number of imidazole rings is 1. The molecule has 1 aromatic heterocycles. The molecule has 136 valence electrons. The molecule has 2 N–H and O–H groups in total. The van der Waals surface area contributed by atoms with Gasteiger partial charge in [0.05, 0.1) is 17.5 Å². The van der Waals surface area contributed by atoms with Gasteiger partial charge in [0, 0.05) is 0 Å². The molecule has 0 aliphatic heterocycles. The predicted octanol–water partition coefficient (Wildman–Crippen LogP) is 3.76. The number of hydrogen-bond acceptors (Lipinski definition) is 5. The number of carbonyl (C=O) groups is 1. The Labute approximate surface area is 156 Å². The topological polar surface area (TPSA) is 99.0 Å². The predicted molar refractivity (Wildman–Crippen MR) is 102 cm³/mol. The first-order valence-corrected chi connectivity index (χ1v) is 8.47. The number of aromatic amines is 1. The molecule has 0 unspecified atom stereocenters. The number of aliphatic hydroxyl groups is 1. The fourth-order valence-electron chi connectivity index (χ4n) is 2.68. The molecule has 0 aliphatic carbocycles. The van der Waals surface area contributed by atoms with Crippen molar-refractivity contribution in [2.24, 2.45) is 0 Å². The van der Waals surface area contributed by atoms with Crippen molar-refractivity contribution in [3.05, 3.63) is 70.7 Å². The highest BCUT2D eigenvalue weighted by molar-refractivity contribution is 5.83. The minimum atomic E-state index is -0.480. The Bertz CT molecular complexity index is 1040. The van der Waals surface area contributed by atoms with Crippen LogP contribution >= 0.6 is 0 Å². The number of nitrogens with zero attached hydrogens (tertiary/aromatic N) is 2. The van der Waals surface area contributed by atoms with Crippen molar-refractivity contribution in [1.29, 1.82) is 5.26 Å². The molecule has 2 aromatic carbocycles. The number of rotatable bonds is 5. The standard InChI is InChI=1S/C21H19N3O3/c1-13-7-8-15(9-14(13)2)10-20(26)27-12-19(25)16(11-22)21-23-17-5-3-4-6-18(17)24-21/h3-9,25H,10,12H2,1-2H3,(H,23,24)/b19-16-. The zero-order chi connectivity index (χ0) is 19.4. The van der Waals surface area contributed by atoms with Crippen molar-refractivity contribution in [2.45, 2.75) is 20.3 Å². The third-order valence-corrected chi connectivity index (χ3v) is 4.32. The number of nitriles is 1. The summed E-state index contributed by atoms with van der Waals surface area (Å²) in [7, 11) is 0. The fraction of sp³-hybridized carbons (Fsp3) is 0.190. The summed E-state index contributed by atoms with van der Waals surface area (Å²) in [4.78, 5) is 19.3. The number of aryl methyl sites for hydroxylation is 2. The summed E-state index contributed by atoms with van der Waals surface area (Å²) in [6.07, 6.45) is 0.0981. The quantitative estimate of drug-likeness (QED) is 0.409. The average Bonchev–Trinajstić information content (AvgIpc) is 3.07. The molecule has 0 saturated heterocycles. The number of benzene rings is 2. The largest absolute Gasteiger partial charge is 0.507 e. The monoisotopic (exact) mass is 361 g/mol. The second kappa shape index (κ2) is 7.75. The molecule has 0 aliphatic rings. The molecule has 0 fully saturated rings. The van der Waals surface area contributed by atoms with Crippen molar-refractivity contribution in [2.75, 3.05) is 6.61 Å². The van der Waals surface area contributed by atoms with Gasteiger partial charge in [-0.25, -0.2) is 4.98 Å². The molecule has 1 heterocycles. The van der Waals surface area contributed by atoms with Crippen molar-refractivity contribution in [1.82, 2.24) is 9.97 Å². The summed E-state index contributed by atoms with van der Waals surface area (Å²) in [5.74, 6) is -0.585. The van der Waals surface area contributed by atoms with Gasteiger partial charge in [0.15, 0.2) is 11.6 Å². The van der Waals surface area contributed by atoms with Gasteiger partial charge in [-0.15, -0.1) is 0 Å². The highest BCUT2D eigenvalue weighted by atomic mass is 16.5. The summed E-state index contributed by atoms with van der Waals surface area (Å²) in [6.45, 7) is 3.59. The van der Waals surface area contributed by atoms with E-state index in [-0.39, 0.29) is 30.2 Å². The second-order valence-corrected chi connectivity index (χ2v) is 6.29. The SMILES string of the molecule is Cc1ccc(CC(=O)OC/C(O)=C(\C#N)c2nc3ccccc3[nH]2)cc1C. The number of allylic oxidation sites excluding steroid dienone is 1. The Kier molecular flexibility index (Phi) is 5.23. The smallest absolute Gasteiger partial charge is 0.310 e. The van der Waals surface area contributed by atoms with Gasteiger partial charge in [-0.2, -0.15) is 5.26 Å². The normalized spacial score (nSPS) is 11.7. The first-order chi connectivity index (χ1) is 13.0. The third kappa shape index (κ3) is 4.15. The first kappa shape index (κ1) is 18.2. The van der Waals surface area contributed by atoms with Crippen molar-refractivity contribution in [3.63, 3.8) is 0 Å². The van der Waals surface area contributed by atoms with Gasteiger partial charge in [-0.3, -0.25) is 4.79 Å². The van der Waals surface area contributed by atoms with Gasteiger partial charge in [-0.1, -0.05) is 30.3 Å². The molecule has 6 nitrogen and oxygen atoms in total. The summed E-state index contributed by atoms with van der Waals surface area (Å²) in [5.41, 5.74) is 4.46. The maximum atomic E-state index is 12.0. The van der Waals surface area contributed by atoms with Crippen LogP contribution < -0.4 is 0 Å². The number of carbonyl (C=O) groups excluding carboxylic acids is 1. The van der Waals surface area contributed by atoms with Crippen molar-refractivity contribution < 1.29 is 14.6 Å². The van der Waals surface area contributed by atoms with Crippen LogP contribution in [0.3, 0.4) is 0 Å². The van der Waals surface area contributed by atoms with Crippen LogP contribution in [0.4, 0.5) is 0 Å². The first-order valence-electron chi connectivity index (χ1n) is 8.47. The Balaban J connectivity index is 1.70. The van der Waals surface area contributed by atoms with E-state index in [9.17, 15) is 15.2 Å². The highest BCUT2D eigenvalue weighted by Gasteiger charge is 2.15. The molecule has 0 radical (unpaired) electrons. The molecule has 0 amide bonds. The van der Waals surface area contributed by atoms with Crippen LogP contribution in [0.15, 0.2) is 48.2 Å². The second-order valence-electron chi connectivity index (χ2n) is 6.29. The molecular formula is C21H19N3O3. The molecule has 0 bridgehead atoms. The summed E-state index contributed by atoms with van der Waals surface area (Å²) < 4.78 is 5.12. The molecule has 0 spiro atoms. The number of nitrogens with one attached hydrogen (secondary N) is 1. The molecule has 6 heteroatoms. The zero-order valence-corrected chi connectivity index (χ0v) is 15.1. The van der Waals surface area contributed by atoms with Crippen LogP contribution in [0.2, 0.25) is 0 Å². The average molecular weight is 361 g/mol. The number of aliphatic hydroxyl groups excluding tert-OH is 1.